The summed E-state index contributed by atoms with van der Waals surface area (Å²) in [5.74, 6) is 1.29. The van der Waals surface area contributed by atoms with E-state index < -0.39 is 0 Å². The summed E-state index contributed by atoms with van der Waals surface area (Å²) in [7, 11) is 0. The summed E-state index contributed by atoms with van der Waals surface area (Å²) in [5.41, 5.74) is 1.24. The molecule has 108 valence electrons. The maximum atomic E-state index is 11.9. The van der Waals surface area contributed by atoms with Crippen molar-refractivity contribution in [1.29, 1.82) is 0 Å². The average molecular weight is 273 g/mol. The Morgan fingerprint density at radius 3 is 2.70 bits per heavy atom. The zero-order valence-corrected chi connectivity index (χ0v) is 12.2. The van der Waals surface area contributed by atoms with Gasteiger partial charge in [0, 0.05) is 38.3 Å². The Hall–Kier alpha value is -1.58. The van der Waals surface area contributed by atoms with E-state index in [1.807, 2.05) is 17.2 Å². The normalized spacial score (nSPS) is 23.1. The van der Waals surface area contributed by atoms with Crippen molar-refractivity contribution in [3.8, 4) is 0 Å². The van der Waals surface area contributed by atoms with Crippen LogP contribution in [0.3, 0.4) is 0 Å². The van der Waals surface area contributed by atoms with E-state index in [4.69, 9.17) is 0 Å². The number of amides is 1. The zero-order chi connectivity index (χ0) is 13.9. The van der Waals surface area contributed by atoms with Crippen LogP contribution in [0.5, 0.6) is 0 Å². The lowest BCUT2D eigenvalue weighted by Gasteiger charge is -2.37. The lowest BCUT2D eigenvalue weighted by Crippen LogP contribution is -2.38. The number of pyridine rings is 1. The first-order chi connectivity index (χ1) is 9.77. The van der Waals surface area contributed by atoms with Crippen LogP contribution in [0.2, 0.25) is 0 Å². The molecule has 20 heavy (non-hydrogen) atoms. The highest BCUT2D eigenvalue weighted by Gasteiger charge is 2.29. The third-order valence-corrected chi connectivity index (χ3v) is 4.49. The molecule has 4 nitrogen and oxygen atoms in total. The third kappa shape index (κ3) is 2.51. The minimum Gasteiger partial charge on any atom is -0.356 e. The smallest absolute Gasteiger partial charge is 0.219 e. The number of anilines is 1. The Balaban J connectivity index is 1.93. The van der Waals surface area contributed by atoms with Crippen LogP contribution in [-0.2, 0) is 4.79 Å². The number of carbonyl (C=O) groups excluding carboxylic acids is 1. The van der Waals surface area contributed by atoms with E-state index in [0.29, 0.717) is 0 Å². The molecule has 0 spiro atoms. The van der Waals surface area contributed by atoms with Gasteiger partial charge < -0.3 is 9.80 Å². The Labute approximate surface area is 120 Å². The molecule has 2 fully saturated rings. The summed E-state index contributed by atoms with van der Waals surface area (Å²) >= 11 is 0. The van der Waals surface area contributed by atoms with E-state index in [9.17, 15) is 4.79 Å². The Morgan fingerprint density at radius 2 is 1.95 bits per heavy atom. The molecule has 0 N–H and O–H groups in total. The molecule has 0 aliphatic carbocycles. The molecule has 2 aliphatic heterocycles. The van der Waals surface area contributed by atoms with Crippen LogP contribution >= 0.6 is 0 Å². The van der Waals surface area contributed by atoms with Crippen molar-refractivity contribution in [3.05, 3.63) is 23.9 Å². The number of hydrogen-bond donors (Lipinski definition) is 0. The van der Waals surface area contributed by atoms with Gasteiger partial charge in [-0.05, 0) is 38.2 Å². The van der Waals surface area contributed by atoms with Gasteiger partial charge in [-0.1, -0.05) is 6.07 Å². The van der Waals surface area contributed by atoms with Crippen LogP contribution in [0.4, 0.5) is 5.82 Å². The van der Waals surface area contributed by atoms with Gasteiger partial charge in [-0.3, -0.25) is 4.79 Å². The molecule has 3 heterocycles. The quantitative estimate of drug-likeness (QED) is 0.831. The first-order valence-electron chi connectivity index (χ1n) is 7.74. The molecule has 1 unspecified atom stereocenters. The summed E-state index contributed by atoms with van der Waals surface area (Å²) < 4.78 is 0. The molecule has 2 aliphatic rings. The third-order valence-electron chi connectivity index (χ3n) is 4.49. The second-order valence-electron chi connectivity index (χ2n) is 5.83. The molecule has 4 heteroatoms. The molecule has 0 bridgehead atoms. The van der Waals surface area contributed by atoms with Crippen LogP contribution in [0, 0.1) is 0 Å². The van der Waals surface area contributed by atoms with E-state index in [1.165, 1.54) is 24.8 Å². The van der Waals surface area contributed by atoms with E-state index in [2.05, 4.69) is 16.0 Å². The van der Waals surface area contributed by atoms with Gasteiger partial charge >= 0.3 is 0 Å². The van der Waals surface area contributed by atoms with Gasteiger partial charge in [0.2, 0.25) is 5.91 Å². The fraction of sp³-hybridized carbons (Fsp3) is 0.625. The standard InChI is InChI=1S/C16H23N3O/c1-13(20)19-12-3-2-8-15(19)14-7-6-9-17-16(14)18-10-4-5-11-18/h6-7,9,15H,2-5,8,10-12H2,1H3. The van der Waals surface area contributed by atoms with Crippen LogP contribution in [0.25, 0.3) is 0 Å². The van der Waals surface area contributed by atoms with Crippen molar-refractivity contribution in [3.63, 3.8) is 0 Å². The van der Waals surface area contributed by atoms with Crippen LogP contribution in [-0.4, -0.2) is 35.4 Å². The minimum atomic E-state index is 0.186. The minimum absolute atomic E-state index is 0.186. The highest BCUT2D eigenvalue weighted by molar-refractivity contribution is 5.74. The molecule has 0 saturated carbocycles. The lowest BCUT2D eigenvalue weighted by molar-refractivity contribution is -0.132. The van der Waals surface area contributed by atoms with Crippen molar-refractivity contribution in [1.82, 2.24) is 9.88 Å². The van der Waals surface area contributed by atoms with Crippen LogP contribution in [0.1, 0.15) is 50.6 Å². The van der Waals surface area contributed by atoms with Crippen molar-refractivity contribution in [2.75, 3.05) is 24.5 Å². The Morgan fingerprint density at radius 1 is 1.20 bits per heavy atom. The predicted octanol–water partition coefficient (Wildman–Crippen LogP) is 2.76. The summed E-state index contributed by atoms with van der Waals surface area (Å²) in [4.78, 5) is 20.9. The topological polar surface area (TPSA) is 36.4 Å². The SMILES string of the molecule is CC(=O)N1CCCCC1c1cccnc1N1CCCC1. The van der Waals surface area contributed by atoms with Crippen LogP contribution < -0.4 is 4.90 Å². The number of nitrogens with zero attached hydrogens (tertiary/aromatic N) is 3. The number of carbonyl (C=O) groups is 1. The number of likely N-dealkylation sites (tertiary alicyclic amines) is 1. The maximum Gasteiger partial charge on any atom is 0.219 e. The average Bonchev–Trinajstić information content (AvgIpc) is 3.01. The van der Waals surface area contributed by atoms with Crippen molar-refractivity contribution < 1.29 is 4.79 Å². The van der Waals surface area contributed by atoms with Gasteiger partial charge in [0.15, 0.2) is 0 Å². The molecule has 2 saturated heterocycles. The fourth-order valence-electron chi connectivity index (χ4n) is 3.49. The summed E-state index contributed by atoms with van der Waals surface area (Å²) in [6, 6.07) is 4.37. The highest BCUT2D eigenvalue weighted by Crippen LogP contribution is 2.36. The summed E-state index contributed by atoms with van der Waals surface area (Å²) in [5, 5.41) is 0. The summed E-state index contributed by atoms with van der Waals surface area (Å²) in [6.45, 7) is 4.76. The molecule has 3 rings (SSSR count). The molecular formula is C16H23N3O. The second-order valence-corrected chi connectivity index (χ2v) is 5.83. The molecule has 1 atom stereocenters. The predicted molar refractivity (Wildman–Crippen MR) is 79.7 cm³/mol. The Bertz CT molecular complexity index is 482. The van der Waals surface area contributed by atoms with Gasteiger partial charge in [-0.15, -0.1) is 0 Å². The largest absolute Gasteiger partial charge is 0.356 e. The van der Waals surface area contributed by atoms with E-state index in [1.54, 1.807) is 6.92 Å². The molecule has 0 radical (unpaired) electrons. The fourth-order valence-corrected chi connectivity index (χ4v) is 3.49. The zero-order valence-electron chi connectivity index (χ0n) is 12.2. The molecule has 1 amide bonds. The van der Waals surface area contributed by atoms with Crippen molar-refractivity contribution >= 4 is 11.7 Å². The van der Waals surface area contributed by atoms with E-state index >= 15 is 0 Å². The number of rotatable bonds is 2. The number of aromatic nitrogens is 1. The van der Waals surface area contributed by atoms with Gasteiger partial charge in [0.05, 0.1) is 6.04 Å². The number of piperidine rings is 1. The summed E-state index contributed by atoms with van der Waals surface area (Å²) in [6.07, 6.45) is 7.75. The second kappa shape index (κ2) is 5.81. The molecule has 0 aromatic carbocycles. The van der Waals surface area contributed by atoms with Crippen LogP contribution in [0.15, 0.2) is 18.3 Å². The molecule has 1 aromatic rings. The van der Waals surface area contributed by atoms with E-state index in [0.717, 1.165) is 38.3 Å². The monoisotopic (exact) mass is 273 g/mol. The first kappa shape index (κ1) is 13.4. The van der Waals surface area contributed by atoms with Gasteiger partial charge in [0.25, 0.3) is 0 Å². The van der Waals surface area contributed by atoms with Gasteiger partial charge in [-0.2, -0.15) is 0 Å². The Kier molecular flexibility index (Phi) is 3.90. The van der Waals surface area contributed by atoms with Crippen molar-refractivity contribution in [2.45, 2.75) is 45.1 Å². The van der Waals surface area contributed by atoms with Crippen molar-refractivity contribution in [2.24, 2.45) is 0 Å². The first-order valence-corrected chi connectivity index (χ1v) is 7.74. The van der Waals surface area contributed by atoms with E-state index in [-0.39, 0.29) is 11.9 Å². The highest BCUT2D eigenvalue weighted by atomic mass is 16.2. The molecular weight excluding hydrogens is 250 g/mol. The van der Waals surface area contributed by atoms with Gasteiger partial charge in [-0.25, -0.2) is 4.98 Å². The number of hydrogen-bond acceptors (Lipinski definition) is 3. The lowest BCUT2D eigenvalue weighted by atomic mass is 9.95. The molecule has 1 aromatic heterocycles. The van der Waals surface area contributed by atoms with Gasteiger partial charge in [0.1, 0.15) is 5.82 Å². The maximum absolute atomic E-state index is 11.9.